The molecule has 1 unspecified atom stereocenters. The van der Waals surface area contributed by atoms with E-state index in [0.717, 1.165) is 25.3 Å². The Morgan fingerprint density at radius 1 is 1.38 bits per heavy atom. The van der Waals surface area contributed by atoms with Gasteiger partial charge in [-0.15, -0.1) is 0 Å². The molecule has 3 aliphatic heterocycles. The van der Waals surface area contributed by atoms with Crippen molar-refractivity contribution in [1.82, 2.24) is 4.90 Å². The van der Waals surface area contributed by atoms with Gasteiger partial charge in [0.1, 0.15) is 5.78 Å². The van der Waals surface area contributed by atoms with Crippen LogP contribution in [0.1, 0.15) is 32.6 Å². The van der Waals surface area contributed by atoms with Crippen molar-refractivity contribution in [3.05, 3.63) is 0 Å². The van der Waals surface area contributed by atoms with E-state index in [9.17, 15) is 4.79 Å². The number of nitrogens with zero attached hydrogens (tertiary/aromatic N) is 1. The number of hydrogen-bond donors (Lipinski definition) is 0. The second-order valence-corrected chi connectivity index (χ2v) is 4.46. The molecule has 3 fully saturated rings. The van der Waals surface area contributed by atoms with Gasteiger partial charge in [0, 0.05) is 18.9 Å². The molecule has 13 heavy (non-hydrogen) atoms. The molecule has 0 radical (unpaired) electrons. The van der Waals surface area contributed by atoms with Crippen molar-refractivity contribution in [2.45, 2.75) is 32.6 Å². The Morgan fingerprint density at radius 3 is 2.54 bits per heavy atom. The third kappa shape index (κ3) is 1.78. The smallest absolute Gasteiger partial charge is 0.137 e. The van der Waals surface area contributed by atoms with Gasteiger partial charge in [-0.1, -0.05) is 6.92 Å². The van der Waals surface area contributed by atoms with Crippen molar-refractivity contribution < 1.29 is 4.79 Å². The Labute approximate surface area is 80.3 Å². The second-order valence-electron chi connectivity index (χ2n) is 4.46. The predicted octanol–water partition coefficient (Wildman–Crippen LogP) is 1.70. The molecular weight excluding hydrogens is 162 g/mol. The van der Waals surface area contributed by atoms with E-state index in [1.54, 1.807) is 0 Å². The maximum atomic E-state index is 11.8. The summed E-state index contributed by atoms with van der Waals surface area (Å²) in [5, 5.41) is 0. The summed E-state index contributed by atoms with van der Waals surface area (Å²) in [6.45, 7) is 5.63. The number of fused-ring (bicyclic) bond motifs is 3. The number of carbonyl (C=O) groups excluding carboxylic acids is 1. The zero-order chi connectivity index (χ0) is 9.26. The minimum absolute atomic E-state index is 0.391. The van der Waals surface area contributed by atoms with Gasteiger partial charge in [0.25, 0.3) is 0 Å². The lowest BCUT2D eigenvalue weighted by molar-refractivity contribution is -0.128. The first kappa shape index (κ1) is 9.20. The molecule has 2 nitrogen and oxygen atoms in total. The standard InChI is InChI=1S/C11H19NO/c1-2-3-11(13)10-8-12-6-4-9(10)5-7-12/h9-10H,2-8H2,1H3. The Morgan fingerprint density at radius 2 is 2.08 bits per heavy atom. The molecule has 74 valence electrons. The number of ketones is 1. The van der Waals surface area contributed by atoms with Crippen molar-refractivity contribution in [2.24, 2.45) is 11.8 Å². The fourth-order valence-corrected chi connectivity index (χ4v) is 2.76. The van der Waals surface area contributed by atoms with Gasteiger partial charge in [-0.25, -0.2) is 0 Å². The van der Waals surface area contributed by atoms with E-state index >= 15 is 0 Å². The summed E-state index contributed by atoms with van der Waals surface area (Å²) in [6.07, 6.45) is 4.34. The van der Waals surface area contributed by atoms with E-state index in [-0.39, 0.29) is 0 Å². The molecule has 0 aromatic heterocycles. The van der Waals surface area contributed by atoms with E-state index in [1.807, 2.05) is 0 Å². The Kier molecular flexibility index (Phi) is 2.68. The summed E-state index contributed by atoms with van der Waals surface area (Å²) >= 11 is 0. The monoisotopic (exact) mass is 181 g/mol. The van der Waals surface area contributed by atoms with Crippen LogP contribution < -0.4 is 0 Å². The lowest BCUT2D eigenvalue weighted by Crippen LogP contribution is -2.49. The van der Waals surface area contributed by atoms with Crippen LogP contribution in [-0.4, -0.2) is 30.3 Å². The maximum absolute atomic E-state index is 11.8. The van der Waals surface area contributed by atoms with Crippen LogP contribution in [0, 0.1) is 11.8 Å². The number of rotatable bonds is 3. The average Bonchev–Trinajstić information content (AvgIpc) is 2.20. The van der Waals surface area contributed by atoms with Gasteiger partial charge < -0.3 is 4.90 Å². The molecule has 1 atom stereocenters. The predicted molar refractivity (Wildman–Crippen MR) is 52.6 cm³/mol. The molecule has 3 aliphatic rings. The number of Topliss-reactive ketones (excluding diaryl/α,β-unsaturated/α-hetero) is 1. The average molecular weight is 181 g/mol. The van der Waals surface area contributed by atoms with Gasteiger partial charge in [0.2, 0.25) is 0 Å². The zero-order valence-electron chi connectivity index (χ0n) is 8.46. The van der Waals surface area contributed by atoms with Gasteiger partial charge in [-0.3, -0.25) is 4.79 Å². The number of piperidine rings is 3. The molecule has 0 aliphatic carbocycles. The zero-order valence-corrected chi connectivity index (χ0v) is 8.46. The summed E-state index contributed by atoms with van der Waals surface area (Å²) < 4.78 is 0. The Hall–Kier alpha value is -0.370. The van der Waals surface area contributed by atoms with Crippen LogP contribution in [0.15, 0.2) is 0 Å². The fraction of sp³-hybridized carbons (Fsp3) is 0.909. The van der Waals surface area contributed by atoms with Crippen molar-refractivity contribution >= 4 is 5.78 Å². The molecule has 0 amide bonds. The largest absolute Gasteiger partial charge is 0.303 e. The SMILES string of the molecule is CCCC(=O)C1CN2CCC1CC2. The molecule has 3 saturated heterocycles. The minimum Gasteiger partial charge on any atom is -0.303 e. The van der Waals surface area contributed by atoms with E-state index in [4.69, 9.17) is 0 Å². The molecule has 2 bridgehead atoms. The minimum atomic E-state index is 0.391. The van der Waals surface area contributed by atoms with E-state index in [2.05, 4.69) is 11.8 Å². The fourth-order valence-electron chi connectivity index (χ4n) is 2.76. The number of hydrogen-bond acceptors (Lipinski definition) is 2. The molecule has 3 heterocycles. The molecule has 0 aromatic rings. The topological polar surface area (TPSA) is 20.3 Å². The highest BCUT2D eigenvalue weighted by atomic mass is 16.1. The van der Waals surface area contributed by atoms with Crippen LogP contribution in [0.25, 0.3) is 0 Å². The van der Waals surface area contributed by atoms with Crippen LogP contribution in [0.3, 0.4) is 0 Å². The number of carbonyl (C=O) groups is 1. The molecule has 0 aromatic carbocycles. The van der Waals surface area contributed by atoms with Gasteiger partial charge in [0.05, 0.1) is 0 Å². The maximum Gasteiger partial charge on any atom is 0.137 e. The Bertz CT molecular complexity index is 194. The van der Waals surface area contributed by atoms with Crippen molar-refractivity contribution in [3.8, 4) is 0 Å². The van der Waals surface area contributed by atoms with Crippen LogP contribution in [-0.2, 0) is 4.79 Å². The van der Waals surface area contributed by atoms with Crippen LogP contribution in [0.5, 0.6) is 0 Å². The summed E-state index contributed by atoms with van der Waals surface area (Å²) in [6, 6.07) is 0. The van der Waals surface area contributed by atoms with Crippen LogP contribution in [0.4, 0.5) is 0 Å². The third-order valence-corrected chi connectivity index (χ3v) is 3.57. The summed E-state index contributed by atoms with van der Waals surface area (Å²) in [7, 11) is 0. The highest BCUT2D eigenvalue weighted by Gasteiger charge is 2.37. The lowest BCUT2D eigenvalue weighted by Gasteiger charge is -2.44. The summed E-state index contributed by atoms with van der Waals surface area (Å²) in [5.41, 5.74) is 0. The first-order chi connectivity index (χ1) is 6.31. The first-order valence-corrected chi connectivity index (χ1v) is 5.56. The van der Waals surface area contributed by atoms with E-state index < -0.39 is 0 Å². The highest BCUT2D eigenvalue weighted by molar-refractivity contribution is 5.81. The third-order valence-electron chi connectivity index (χ3n) is 3.57. The van der Waals surface area contributed by atoms with Crippen molar-refractivity contribution in [3.63, 3.8) is 0 Å². The van der Waals surface area contributed by atoms with Crippen molar-refractivity contribution in [2.75, 3.05) is 19.6 Å². The van der Waals surface area contributed by atoms with Gasteiger partial charge in [-0.05, 0) is 38.3 Å². The van der Waals surface area contributed by atoms with Gasteiger partial charge in [0.15, 0.2) is 0 Å². The van der Waals surface area contributed by atoms with E-state index in [0.29, 0.717) is 11.7 Å². The second kappa shape index (κ2) is 3.79. The van der Waals surface area contributed by atoms with E-state index in [1.165, 1.54) is 25.9 Å². The van der Waals surface area contributed by atoms with Gasteiger partial charge >= 0.3 is 0 Å². The molecule has 3 rings (SSSR count). The quantitative estimate of drug-likeness (QED) is 0.660. The molecule has 0 spiro atoms. The molecular formula is C11H19NO. The van der Waals surface area contributed by atoms with Crippen LogP contribution >= 0.6 is 0 Å². The van der Waals surface area contributed by atoms with Gasteiger partial charge in [-0.2, -0.15) is 0 Å². The normalized spacial score (nSPS) is 37.8. The highest BCUT2D eigenvalue weighted by Crippen LogP contribution is 2.33. The molecule has 2 heteroatoms. The van der Waals surface area contributed by atoms with Crippen molar-refractivity contribution in [1.29, 1.82) is 0 Å². The molecule has 0 N–H and O–H groups in total. The first-order valence-electron chi connectivity index (χ1n) is 5.56. The molecule has 0 saturated carbocycles. The lowest BCUT2D eigenvalue weighted by atomic mass is 9.76. The summed E-state index contributed by atoms with van der Waals surface area (Å²) in [5.74, 6) is 1.64. The Balaban J connectivity index is 1.96. The van der Waals surface area contributed by atoms with Crippen LogP contribution in [0.2, 0.25) is 0 Å². The summed E-state index contributed by atoms with van der Waals surface area (Å²) in [4.78, 5) is 14.2.